The third-order valence-corrected chi connectivity index (χ3v) is 2.48. The fourth-order valence-corrected chi connectivity index (χ4v) is 1.70. The average molecular weight is 214 g/mol. The van der Waals surface area contributed by atoms with E-state index in [1.807, 2.05) is 4.90 Å². The number of aliphatic hydroxyl groups excluding tert-OH is 1. The normalized spacial score (nSPS) is 22.4. The van der Waals surface area contributed by atoms with Gasteiger partial charge in [-0.05, 0) is 12.8 Å². The maximum absolute atomic E-state index is 9.47. The molecule has 2 heterocycles. The van der Waals surface area contributed by atoms with Crippen molar-refractivity contribution in [3.05, 3.63) is 17.4 Å². The Labute approximate surface area is 87.5 Å². The molecule has 5 heteroatoms. The highest BCUT2D eigenvalue weighted by atomic mass is 35.5. The molecule has 1 aromatic heterocycles. The fraction of sp³-hybridized carbons (Fsp3) is 0.556. The second-order valence-corrected chi connectivity index (χ2v) is 3.88. The average Bonchev–Trinajstić information content (AvgIpc) is 2.19. The number of aliphatic hydroxyl groups is 1. The van der Waals surface area contributed by atoms with Gasteiger partial charge in [-0.1, -0.05) is 11.6 Å². The summed E-state index contributed by atoms with van der Waals surface area (Å²) in [5.41, 5.74) is 0. The summed E-state index contributed by atoms with van der Waals surface area (Å²) in [4.78, 5) is 10.2. The highest BCUT2D eigenvalue weighted by Crippen LogP contribution is 2.16. The molecule has 1 aliphatic rings. The van der Waals surface area contributed by atoms with Crippen LogP contribution in [-0.2, 0) is 0 Å². The topological polar surface area (TPSA) is 49.2 Å². The van der Waals surface area contributed by atoms with Gasteiger partial charge < -0.3 is 10.0 Å². The van der Waals surface area contributed by atoms with E-state index < -0.39 is 0 Å². The maximum Gasteiger partial charge on any atom is 0.225 e. The van der Waals surface area contributed by atoms with Crippen LogP contribution in [-0.4, -0.2) is 34.3 Å². The predicted octanol–water partition coefficient (Wildman–Crippen LogP) is 1.09. The zero-order valence-corrected chi connectivity index (χ0v) is 8.48. The molecule has 14 heavy (non-hydrogen) atoms. The molecule has 1 atom stereocenters. The summed E-state index contributed by atoms with van der Waals surface area (Å²) in [5.74, 6) is 0.646. The summed E-state index contributed by atoms with van der Waals surface area (Å²) in [6.45, 7) is 1.51. The minimum Gasteiger partial charge on any atom is -0.391 e. The standard InChI is InChI=1S/C9H12ClN3O/c10-7-4-11-9(12-5-7)13-3-1-2-8(14)6-13/h4-5,8,14H,1-3,6H2/t8-/m0/s1. The summed E-state index contributed by atoms with van der Waals surface area (Å²) in [7, 11) is 0. The minimum atomic E-state index is -0.261. The van der Waals surface area contributed by atoms with Gasteiger partial charge in [-0.25, -0.2) is 9.97 Å². The van der Waals surface area contributed by atoms with E-state index in [1.165, 1.54) is 0 Å². The first kappa shape index (κ1) is 9.68. The van der Waals surface area contributed by atoms with Crippen molar-refractivity contribution in [3.8, 4) is 0 Å². The number of hydrogen-bond donors (Lipinski definition) is 1. The molecule has 1 N–H and O–H groups in total. The first-order chi connectivity index (χ1) is 6.75. The summed E-state index contributed by atoms with van der Waals surface area (Å²) in [6.07, 6.45) is 4.73. The van der Waals surface area contributed by atoms with Gasteiger partial charge in [0.1, 0.15) is 0 Å². The lowest BCUT2D eigenvalue weighted by Crippen LogP contribution is -2.39. The Morgan fingerprint density at radius 3 is 2.79 bits per heavy atom. The first-order valence-electron chi connectivity index (χ1n) is 4.66. The van der Waals surface area contributed by atoms with Crippen LogP contribution in [0.3, 0.4) is 0 Å². The Kier molecular flexibility index (Phi) is 2.84. The Hall–Kier alpha value is -0.870. The van der Waals surface area contributed by atoms with Gasteiger partial charge in [0.25, 0.3) is 0 Å². The molecule has 2 rings (SSSR count). The molecule has 1 fully saturated rings. The number of β-amino-alcohol motifs (C(OH)–C–C–N with tert-alkyl or cyclic N) is 1. The van der Waals surface area contributed by atoms with Crippen LogP contribution in [0.5, 0.6) is 0 Å². The molecule has 4 nitrogen and oxygen atoms in total. The van der Waals surface area contributed by atoms with Crippen molar-refractivity contribution < 1.29 is 5.11 Å². The lowest BCUT2D eigenvalue weighted by Gasteiger charge is -2.29. The minimum absolute atomic E-state index is 0.261. The zero-order valence-electron chi connectivity index (χ0n) is 7.73. The number of anilines is 1. The molecule has 0 bridgehead atoms. The Bertz CT molecular complexity index is 303. The summed E-state index contributed by atoms with van der Waals surface area (Å²) < 4.78 is 0. The summed E-state index contributed by atoms with van der Waals surface area (Å²) in [5, 5.41) is 10.0. The van der Waals surface area contributed by atoms with Gasteiger partial charge in [0.2, 0.25) is 5.95 Å². The van der Waals surface area contributed by atoms with Crippen LogP contribution in [0.25, 0.3) is 0 Å². The van der Waals surface area contributed by atoms with Crippen LogP contribution in [0.4, 0.5) is 5.95 Å². The van der Waals surface area contributed by atoms with Crippen LogP contribution in [0.1, 0.15) is 12.8 Å². The monoisotopic (exact) mass is 213 g/mol. The van der Waals surface area contributed by atoms with E-state index in [9.17, 15) is 5.11 Å². The molecule has 1 aromatic rings. The number of rotatable bonds is 1. The van der Waals surface area contributed by atoms with Crippen LogP contribution < -0.4 is 4.90 Å². The molecule has 0 unspecified atom stereocenters. The summed E-state index contributed by atoms with van der Waals surface area (Å²) in [6, 6.07) is 0. The van der Waals surface area contributed by atoms with Crippen LogP contribution in [0.15, 0.2) is 12.4 Å². The highest BCUT2D eigenvalue weighted by molar-refractivity contribution is 6.30. The Balaban J connectivity index is 2.10. The van der Waals surface area contributed by atoms with Gasteiger partial charge in [0.15, 0.2) is 0 Å². The smallest absolute Gasteiger partial charge is 0.225 e. The van der Waals surface area contributed by atoms with Gasteiger partial charge in [-0.2, -0.15) is 0 Å². The van der Waals surface area contributed by atoms with Crippen molar-refractivity contribution in [3.63, 3.8) is 0 Å². The third-order valence-electron chi connectivity index (χ3n) is 2.29. The van der Waals surface area contributed by atoms with E-state index >= 15 is 0 Å². The first-order valence-corrected chi connectivity index (χ1v) is 5.04. The molecule has 0 radical (unpaired) electrons. The Morgan fingerprint density at radius 1 is 1.43 bits per heavy atom. The second kappa shape index (κ2) is 4.11. The van der Waals surface area contributed by atoms with E-state index in [1.54, 1.807) is 12.4 Å². The van der Waals surface area contributed by atoms with Gasteiger partial charge in [0, 0.05) is 13.1 Å². The molecule has 1 saturated heterocycles. The van der Waals surface area contributed by atoms with E-state index in [2.05, 4.69) is 9.97 Å². The number of halogens is 1. The van der Waals surface area contributed by atoms with Crippen LogP contribution in [0.2, 0.25) is 5.02 Å². The third kappa shape index (κ3) is 2.13. The second-order valence-electron chi connectivity index (χ2n) is 3.44. The van der Waals surface area contributed by atoms with Crippen LogP contribution >= 0.6 is 11.6 Å². The molecule has 76 valence electrons. The molecule has 0 amide bonds. The van der Waals surface area contributed by atoms with E-state index in [0.29, 0.717) is 17.5 Å². The van der Waals surface area contributed by atoms with Gasteiger partial charge in [-0.3, -0.25) is 0 Å². The molecule has 0 aliphatic carbocycles. The fourth-order valence-electron chi connectivity index (χ4n) is 1.61. The Morgan fingerprint density at radius 2 is 2.14 bits per heavy atom. The van der Waals surface area contributed by atoms with Crippen molar-refractivity contribution in [1.29, 1.82) is 0 Å². The molecule has 0 saturated carbocycles. The van der Waals surface area contributed by atoms with E-state index in [-0.39, 0.29) is 6.10 Å². The van der Waals surface area contributed by atoms with Crippen molar-refractivity contribution in [2.24, 2.45) is 0 Å². The lowest BCUT2D eigenvalue weighted by atomic mass is 10.1. The number of aromatic nitrogens is 2. The maximum atomic E-state index is 9.47. The van der Waals surface area contributed by atoms with E-state index in [4.69, 9.17) is 11.6 Å². The lowest BCUT2D eigenvalue weighted by molar-refractivity contribution is 0.153. The highest BCUT2D eigenvalue weighted by Gasteiger charge is 2.19. The number of piperidine rings is 1. The molecule has 0 spiro atoms. The van der Waals surface area contributed by atoms with Crippen molar-refractivity contribution in [2.45, 2.75) is 18.9 Å². The molecule has 0 aromatic carbocycles. The van der Waals surface area contributed by atoms with Crippen molar-refractivity contribution in [1.82, 2.24) is 9.97 Å². The van der Waals surface area contributed by atoms with Crippen molar-refractivity contribution in [2.75, 3.05) is 18.0 Å². The zero-order chi connectivity index (χ0) is 9.97. The number of nitrogens with zero attached hydrogens (tertiary/aromatic N) is 3. The summed E-state index contributed by atoms with van der Waals surface area (Å²) >= 11 is 5.69. The van der Waals surface area contributed by atoms with Gasteiger partial charge in [-0.15, -0.1) is 0 Å². The predicted molar refractivity (Wildman–Crippen MR) is 54.5 cm³/mol. The molecule has 1 aliphatic heterocycles. The van der Waals surface area contributed by atoms with Gasteiger partial charge in [0.05, 0.1) is 23.5 Å². The molecular formula is C9H12ClN3O. The SMILES string of the molecule is O[C@H]1CCCN(c2ncc(Cl)cn2)C1. The quantitative estimate of drug-likeness (QED) is 0.759. The van der Waals surface area contributed by atoms with Crippen molar-refractivity contribution >= 4 is 17.5 Å². The van der Waals surface area contributed by atoms with E-state index in [0.717, 1.165) is 19.4 Å². The van der Waals surface area contributed by atoms with Gasteiger partial charge >= 0.3 is 0 Å². The molecular weight excluding hydrogens is 202 g/mol. The number of hydrogen-bond acceptors (Lipinski definition) is 4. The largest absolute Gasteiger partial charge is 0.391 e. The van der Waals surface area contributed by atoms with Crippen LogP contribution in [0, 0.1) is 0 Å².